The summed E-state index contributed by atoms with van der Waals surface area (Å²) in [6.45, 7) is 8.62. The Morgan fingerprint density at radius 2 is 2.11 bits per heavy atom. The number of carboxylic acids is 1. The molecule has 0 aliphatic carbocycles. The van der Waals surface area contributed by atoms with E-state index in [9.17, 15) is 9.90 Å². The fraction of sp³-hybridized carbons (Fsp3) is 0.692. The van der Waals surface area contributed by atoms with Gasteiger partial charge in [0.05, 0.1) is 16.4 Å². The Morgan fingerprint density at radius 3 is 2.53 bits per heavy atom. The Bertz CT molecular complexity index is 459. The van der Waals surface area contributed by atoms with Crippen LogP contribution in [0.2, 0.25) is 5.02 Å². The lowest BCUT2D eigenvalue weighted by atomic mass is 9.99. The molecule has 19 heavy (non-hydrogen) atoms. The van der Waals surface area contributed by atoms with Crippen LogP contribution in [-0.4, -0.2) is 26.4 Å². The van der Waals surface area contributed by atoms with Crippen molar-refractivity contribution in [3.05, 3.63) is 16.4 Å². The molecule has 1 heterocycles. The van der Waals surface area contributed by atoms with Crippen molar-refractivity contribution in [1.82, 2.24) is 15.1 Å². The molecule has 1 unspecified atom stereocenters. The normalized spacial score (nSPS) is 14.4. The molecule has 0 saturated heterocycles. The minimum absolute atomic E-state index is 0.399. The summed E-state index contributed by atoms with van der Waals surface area (Å²) < 4.78 is 1.83. The molecule has 0 bridgehead atoms. The summed E-state index contributed by atoms with van der Waals surface area (Å²) in [6.07, 6.45) is 1.27. The summed E-state index contributed by atoms with van der Waals surface area (Å²) in [6, 6.07) is 0. The zero-order valence-corrected chi connectivity index (χ0v) is 12.7. The molecule has 0 radical (unpaired) electrons. The van der Waals surface area contributed by atoms with E-state index in [1.165, 1.54) is 0 Å². The third kappa shape index (κ3) is 3.28. The number of hydrogen-bond acceptors (Lipinski definition) is 3. The molecule has 0 spiro atoms. The molecule has 0 aliphatic heterocycles. The van der Waals surface area contributed by atoms with Gasteiger partial charge in [0, 0.05) is 13.1 Å². The summed E-state index contributed by atoms with van der Waals surface area (Å²) in [5.74, 6) is -0.857. The van der Waals surface area contributed by atoms with Gasteiger partial charge in [0.1, 0.15) is 5.54 Å². The second-order valence-electron chi connectivity index (χ2n) is 4.72. The minimum Gasteiger partial charge on any atom is -0.480 e. The molecule has 0 aliphatic rings. The number of carbonyl (C=O) groups is 1. The largest absolute Gasteiger partial charge is 0.480 e. The van der Waals surface area contributed by atoms with Crippen LogP contribution in [0.15, 0.2) is 0 Å². The first-order valence-electron chi connectivity index (χ1n) is 6.62. The van der Waals surface area contributed by atoms with Gasteiger partial charge in [0.2, 0.25) is 0 Å². The van der Waals surface area contributed by atoms with Gasteiger partial charge in [-0.3, -0.25) is 14.8 Å². The zero-order valence-electron chi connectivity index (χ0n) is 12.0. The van der Waals surface area contributed by atoms with E-state index < -0.39 is 11.5 Å². The first-order valence-corrected chi connectivity index (χ1v) is 6.99. The van der Waals surface area contributed by atoms with Crippen molar-refractivity contribution in [2.75, 3.05) is 0 Å². The molecule has 0 amide bonds. The molecule has 1 aromatic heterocycles. The van der Waals surface area contributed by atoms with Gasteiger partial charge in [-0.05, 0) is 26.7 Å². The molecule has 0 saturated carbocycles. The lowest BCUT2D eigenvalue weighted by Gasteiger charge is -2.24. The summed E-state index contributed by atoms with van der Waals surface area (Å²) in [7, 11) is 0. The molecular weight excluding hydrogens is 266 g/mol. The van der Waals surface area contributed by atoms with Crippen molar-refractivity contribution in [3.8, 4) is 0 Å². The highest BCUT2D eigenvalue weighted by Gasteiger charge is 2.31. The Kier molecular flexibility index (Phi) is 5.38. The van der Waals surface area contributed by atoms with Gasteiger partial charge in [-0.1, -0.05) is 25.4 Å². The van der Waals surface area contributed by atoms with Crippen LogP contribution in [0, 0.1) is 0 Å². The number of aromatic nitrogens is 2. The van der Waals surface area contributed by atoms with Crippen LogP contribution in [0.25, 0.3) is 0 Å². The maximum atomic E-state index is 11.3. The molecule has 0 fully saturated rings. The highest BCUT2D eigenvalue weighted by molar-refractivity contribution is 6.31. The van der Waals surface area contributed by atoms with Gasteiger partial charge in [-0.25, -0.2) is 0 Å². The predicted octanol–water partition coefficient (Wildman–Crippen LogP) is 2.46. The minimum atomic E-state index is -0.946. The Morgan fingerprint density at radius 1 is 1.47 bits per heavy atom. The van der Waals surface area contributed by atoms with Crippen LogP contribution in [0.1, 0.15) is 45.5 Å². The molecule has 108 valence electrons. The predicted molar refractivity (Wildman–Crippen MR) is 75.5 cm³/mol. The Balaban J connectivity index is 2.94. The monoisotopic (exact) mass is 287 g/mol. The third-order valence-electron chi connectivity index (χ3n) is 3.52. The van der Waals surface area contributed by atoms with Crippen LogP contribution < -0.4 is 5.32 Å². The zero-order chi connectivity index (χ0) is 14.6. The lowest BCUT2D eigenvalue weighted by molar-refractivity contribution is -0.144. The summed E-state index contributed by atoms with van der Waals surface area (Å²) >= 11 is 6.29. The second-order valence-corrected chi connectivity index (χ2v) is 5.10. The van der Waals surface area contributed by atoms with Crippen molar-refractivity contribution in [2.45, 2.75) is 59.2 Å². The molecule has 1 atom stereocenters. The van der Waals surface area contributed by atoms with Crippen molar-refractivity contribution < 1.29 is 9.90 Å². The molecule has 5 nitrogen and oxygen atoms in total. The molecule has 1 aromatic rings. The van der Waals surface area contributed by atoms with Crippen LogP contribution in [-0.2, 0) is 24.3 Å². The summed E-state index contributed by atoms with van der Waals surface area (Å²) in [4.78, 5) is 11.3. The Labute approximate surface area is 118 Å². The highest BCUT2D eigenvalue weighted by atomic mass is 35.5. The highest BCUT2D eigenvalue weighted by Crippen LogP contribution is 2.22. The Hall–Kier alpha value is -1.07. The van der Waals surface area contributed by atoms with Crippen molar-refractivity contribution in [3.63, 3.8) is 0 Å². The fourth-order valence-corrected chi connectivity index (χ4v) is 2.15. The number of rotatable bonds is 7. The quantitative estimate of drug-likeness (QED) is 0.808. The maximum Gasteiger partial charge on any atom is 0.323 e. The van der Waals surface area contributed by atoms with Crippen molar-refractivity contribution in [2.24, 2.45) is 0 Å². The summed E-state index contributed by atoms with van der Waals surface area (Å²) in [5.41, 5.74) is 0.759. The molecule has 1 rings (SSSR count). The number of hydrogen-bond donors (Lipinski definition) is 2. The smallest absolute Gasteiger partial charge is 0.323 e. The average Bonchev–Trinajstić information content (AvgIpc) is 2.71. The second kappa shape index (κ2) is 6.39. The van der Waals surface area contributed by atoms with Gasteiger partial charge >= 0.3 is 5.97 Å². The van der Waals surface area contributed by atoms with E-state index in [4.69, 9.17) is 11.6 Å². The van der Waals surface area contributed by atoms with Crippen molar-refractivity contribution >= 4 is 17.6 Å². The van der Waals surface area contributed by atoms with E-state index in [0.717, 1.165) is 17.8 Å². The number of halogens is 1. The van der Waals surface area contributed by atoms with Gasteiger partial charge in [-0.15, -0.1) is 0 Å². The van der Waals surface area contributed by atoms with Gasteiger partial charge in [-0.2, -0.15) is 5.10 Å². The number of aliphatic carboxylic acids is 1. The standard InChI is InChI=1S/C13H22ClN3O2/c1-5-9-11(14)10(17(7-3)16-9)8-15-13(4,6-2)12(18)19/h15H,5-8H2,1-4H3,(H,18,19). The number of nitrogens with one attached hydrogen (secondary N) is 1. The van der Waals surface area contributed by atoms with E-state index >= 15 is 0 Å². The van der Waals surface area contributed by atoms with E-state index in [1.807, 2.05) is 25.5 Å². The first-order chi connectivity index (χ1) is 8.89. The van der Waals surface area contributed by atoms with Crippen LogP contribution >= 0.6 is 11.6 Å². The van der Waals surface area contributed by atoms with E-state index in [2.05, 4.69) is 10.4 Å². The molecule has 0 aromatic carbocycles. The number of carboxylic acid groups (broad SMARTS) is 1. The van der Waals surface area contributed by atoms with Crippen LogP contribution in [0.4, 0.5) is 0 Å². The maximum absolute atomic E-state index is 11.3. The van der Waals surface area contributed by atoms with Gasteiger partial charge in [0.25, 0.3) is 0 Å². The SMILES string of the molecule is CCc1nn(CC)c(CNC(C)(CC)C(=O)O)c1Cl. The number of aryl methyl sites for hydroxylation is 2. The van der Waals surface area contributed by atoms with Crippen LogP contribution in [0.3, 0.4) is 0 Å². The van der Waals surface area contributed by atoms with Gasteiger partial charge in [0.15, 0.2) is 0 Å². The van der Waals surface area contributed by atoms with E-state index in [1.54, 1.807) is 6.92 Å². The molecule has 2 N–H and O–H groups in total. The topological polar surface area (TPSA) is 67.2 Å². The van der Waals surface area contributed by atoms with Crippen LogP contribution in [0.5, 0.6) is 0 Å². The fourth-order valence-electron chi connectivity index (χ4n) is 1.82. The van der Waals surface area contributed by atoms with E-state index in [-0.39, 0.29) is 0 Å². The van der Waals surface area contributed by atoms with Crippen molar-refractivity contribution in [1.29, 1.82) is 0 Å². The lowest BCUT2D eigenvalue weighted by Crippen LogP contribution is -2.48. The summed E-state index contributed by atoms with van der Waals surface area (Å²) in [5, 5.41) is 17.4. The molecular formula is C13H22ClN3O2. The van der Waals surface area contributed by atoms with E-state index in [0.29, 0.717) is 24.5 Å². The average molecular weight is 288 g/mol. The first kappa shape index (κ1) is 16.0. The third-order valence-corrected chi connectivity index (χ3v) is 3.96. The number of nitrogens with zero attached hydrogens (tertiary/aromatic N) is 2. The molecule has 6 heteroatoms. The van der Waals surface area contributed by atoms with Gasteiger partial charge < -0.3 is 5.11 Å².